The van der Waals surface area contributed by atoms with Crippen LogP contribution in [0, 0.1) is 11.6 Å². The molecule has 0 bridgehead atoms. The molecule has 3 aromatic rings. The molecule has 1 heterocycles. The van der Waals surface area contributed by atoms with Gasteiger partial charge in [0, 0.05) is 6.07 Å². The zero-order valence-electron chi connectivity index (χ0n) is 15.6. The van der Waals surface area contributed by atoms with Crippen molar-refractivity contribution in [2.24, 2.45) is 0 Å². The van der Waals surface area contributed by atoms with Crippen LogP contribution in [0.3, 0.4) is 0 Å². The van der Waals surface area contributed by atoms with E-state index in [2.05, 4.69) is 10.4 Å². The first-order valence-electron chi connectivity index (χ1n) is 8.96. The Kier molecular flexibility index (Phi) is 6.33. The van der Waals surface area contributed by atoms with Crippen molar-refractivity contribution in [2.75, 3.05) is 6.61 Å². The van der Waals surface area contributed by atoms with Crippen molar-refractivity contribution >= 4 is 5.91 Å². The lowest BCUT2D eigenvalue weighted by Crippen LogP contribution is -2.32. The quantitative estimate of drug-likeness (QED) is 0.663. The zero-order valence-corrected chi connectivity index (χ0v) is 15.6. The van der Waals surface area contributed by atoms with Crippen molar-refractivity contribution in [3.63, 3.8) is 0 Å². The molecule has 3 rings (SSSR count). The first-order chi connectivity index (χ1) is 13.9. The van der Waals surface area contributed by atoms with E-state index >= 15 is 0 Å². The van der Waals surface area contributed by atoms with Crippen molar-refractivity contribution < 1.29 is 18.3 Å². The molecule has 1 unspecified atom stereocenters. The number of hydrogen-bond acceptors (Lipinski definition) is 4. The smallest absolute Gasteiger partial charge is 0.272 e. The minimum Gasteiger partial charge on any atom is -0.492 e. The number of nitrogens with zero attached hydrogens (tertiary/aromatic N) is 2. The van der Waals surface area contributed by atoms with E-state index in [-0.39, 0.29) is 24.4 Å². The molecule has 1 aromatic heterocycles. The summed E-state index contributed by atoms with van der Waals surface area (Å²) in [7, 11) is 0. The number of carbonyl (C=O) groups excluding carboxylic acids is 1. The van der Waals surface area contributed by atoms with Crippen LogP contribution in [0.2, 0.25) is 0 Å². The standard InChI is InChI=1S/C21H19F2N3O3/c1-14(15-7-8-17(22)18(23)13-15)24-21(28)19-9-10-20(27)26(25-19)11-12-29-16-5-3-2-4-6-16/h2-10,13-14H,11-12H2,1H3,(H,24,28). The fourth-order valence-corrected chi connectivity index (χ4v) is 2.63. The molecule has 0 aliphatic heterocycles. The fraction of sp³-hybridized carbons (Fsp3) is 0.190. The van der Waals surface area contributed by atoms with Crippen molar-refractivity contribution in [1.29, 1.82) is 0 Å². The zero-order chi connectivity index (χ0) is 20.8. The topological polar surface area (TPSA) is 73.2 Å². The summed E-state index contributed by atoms with van der Waals surface area (Å²) >= 11 is 0. The number of nitrogens with one attached hydrogen (secondary N) is 1. The van der Waals surface area contributed by atoms with E-state index in [9.17, 15) is 18.4 Å². The van der Waals surface area contributed by atoms with Crippen LogP contribution in [-0.2, 0) is 6.54 Å². The van der Waals surface area contributed by atoms with Gasteiger partial charge in [-0.3, -0.25) is 9.59 Å². The molecular weight excluding hydrogens is 380 g/mol. The van der Waals surface area contributed by atoms with Gasteiger partial charge in [0.25, 0.3) is 11.5 Å². The first kappa shape index (κ1) is 20.2. The maximum Gasteiger partial charge on any atom is 0.272 e. The van der Waals surface area contributed by atoms with E-state index < -0.39 is 23.6 Å². The van der Waals surface area contributed by atoms with Gasteiger partial charge in [-0.25, -0.2) is 13.5 Å². The Labute approximate surface area is 165 Å². The highest BCUT2D eigenvalue weighted by Crippen LogP contribution is 2.16. The van der Waals surface area contributed by atoms with Gasteiger partial charge < -0.3 is 10.1 Å². The molecule has 0 radical (unpaired) electrons. The van der Waals surface area contributed by atoms with E-state index in [0.29, 0.717) is 11.3 Å². The monoisotopic (exact) mass is 399 g/mol. The van der Waals surface area contributed by atoms with Crippen LogP contribution in [0.25, 0.3) is 0 Å². The van der Waals surface area contributed by atoms with Gasteiger partial charge in [-0.1, -0.05) is 24.3 Å². The molecule has 1 N–H and O–H groups in total. The molecule has 6 nitrogen and oxygen atoms in total. The third kappa shape index (κ3) is 5.25. The second-order valence-electron chi connectivity index (χ2n) is 6.31. The summed E-state index contributed by atoms with van der Waals surface area (Å²) in [4.78, 5) is 24.4. The summed E-state index contributed by atoms with van der Waals surface area (Å²) in [5.74, 6) is -1.83. The number of halogens is 2. The van der Waals surface area contributed by atoms with Crippen LogP contribution in [0.1, 0.15) is 29.0 Å². The molecule has 0 aliphatic carbocycles. The molecule has 29 heavy (non-hydrogen) atoms. The third-order valence-electron chi connectivity index (χ3n) is 4.21. The number of amides is 1. The largest absolute Gasteiger partial charge is 0.492 e. The van der Waals surface area contributed by atoms with E-state index in [0.717, 1.165) is 16.8 Å². The Balaban J connectivity index is 1.65. The summed E-state index contributed by atoms with van der Waals surface area (Å²) < 4.78 is 33.1. The average molecular weight is 399 g/mol. The highest BCUT2D eigenvalue weighted by atomic mass is 19.2. The Morgan fingerprint density at radius 2 is 1.86 bits per heavy atom. The minimum atomic E-state index is -0.992. The first-order valence-corrected chi connectivity index (χ1v) is 8.96. The molecule has 0 spiro atoms. The molecule has 8 heteroatoms. The van der Waals surface area contributed by atoms with Gasteiger partial charge in [-0.15, -0.1) is 0 Å². The van der Waals surface area contributed by atoms with Gasteiger partial charge in [-0.05, 0) is 42.8 Å². The van der Waals surface area contributed by atoms with E-state index in [1.807, 2.05) is 18.2 Å². The van der Waals surface area contributed by atoms with Crippen LogP contribution in [-0.4, -0.2) is 22.3 Å². The van der Waals surface area contributed by atoms with Crippen LogP contribution in [0.15, 0.2) is 65.5 Å². The normalized spacial score (nSPS) is 11.7. The molecule has 150 valence electrons. The Morgan fingerprint density at radius 3 is 2.59 bits per heavy atom. The van der Waals surface area contributed by atoms with Gasteiger partial charge in [0.15, 0.2) is 11.6 Å². The van der Waals surface area contributed by atoms with Crippen molar-refractivity contribution in [2.45, 2.75) is 19.5 Å². The van der Waals surface area contributed by atoms with Crippen LogP contribution < -0.4 is 15.6 Å². The number of hydrogen-bond donors (Lipinski definition) is 1. The maximum absolute atomic E-state index is 13.4. The number of aromatic nitrogens is 2. The molecule has 1 amide bonds. The van der Waals surface area contributed by atoms with Crippen LogP contribution in [0.5, 0.6) is 5.75 Å². The number of ether oxygens (including phenoxy) is 1. The highest BCUT2D eigenvalue weighted by Gasteiger charge is 2.15. The molecule has 0 saturated heterocycles. The number of carbonyl (C=O) groups is 1. The summed E-state index contributed by atoms with van der Waals surface area (Å²) in [6, 6.07) is 14.5. The number of benzene rings is 2. The summed E-state index contributed by atoms with van der Waals surface area (Å²) in [6.07, 6.45) is 0. The van der Waals surface area contributed by atoms with Crippen molar-refractivity contribution in [1.82, 2.24) is 15.1 Å². The van der Waals surface area contributed by atoms with Crippen LogP contribution >= 0.6 is 0 Å². The second kappa shape index (κ2) is 9.09. The number of para-hydroxylation sites is 1. The lowest BCUT2D eigenvalue weighted by atomic mass is 10.1. The molecular formula is C21H19F2N3O3. The molecule has 1 atom stereocenters. The van der Waals surface area contributed by atoms with Gasteiger partial charge in [0.1, 0.15) is 18.1 Å². The van der Waals surface area contributed by atoms with Gasteiger partial charge in [0.05, 0.1) is 12.6 Å². The Bertz CT molecular complexity index is 1050. The van der Waals surface area contributed by atoms with Crippen molar-refractivity contribution in [3.8, 4) is 5.75 Å². The maximum atomic E-state index is 13.4. The highest BCUT2D eigenvalue weighted by molar-refractivity contribution is 5.92. The predicted molar refractivity (Wildman–Crippen MR) is 103 cm³/mol. The summed E-state index contributed by atoms with van der Waals surface area (Å²) in [5.41, 5.74) is 0.0624. The Hall–Kier alpha value is -3.55. The Morgan fingerprint density at radius 1 is 1.10 bits per heavy atom. The lowest BCUT2D eigenvalue weighted by Gasteiger charge is -2.15. The van der Waals surface area contributed by atoms with E-state index in [4.69, 9.17) is 4.74 Å². The van der Waals surface area contributed by atoms with Crippen molar-refractivity contribution in [3.05, 3.63) is 93.9 Å². The summed E-state index contributed by atoms with van der Waals surface area (Å²) in [5, 5.41) is 6.71. The molecule has 0 saturated carbocycles. The number of rotatable bonds is 7. The van der Waals surface area contributed by atoms with Crippen LogP contribution in [0.4, 0.5) is 8.78 Å². The minimum absolute atomic E-state index is 0.0266. The van der Waals surface area contributed by atoms with Gasteiger partial charge >= 0.3 is 0 Å². The average Bonchev–Trinajstić information content (AvgIpc) is 2.72. The molecule has 2 aromatic carbocycles. The van der Waals surface area contributed by atoms with Gasteiger partial charge in [-0.2, -0.15) is 5.10 Å². The van der Waals surface area contributed by atoms with Gasteiger partial charge in [0.2, 0.25) is 0 Å². The lowest BCUT2D eigenvalue weighted by molar-refractivity contribution is 0.0931. The second-order valence-corrected chi connectivity index (χ2v) is 6.31. The van der Waals surface area contributed by atoms with E-state index in [1.54, 1.807) is 19.1 Å². The summed E-state index contributed by atoms with van der Waals surface area (Å²) in [6.45, 7) is 2.00. The fourth-order valence-electron chi connectivity index (χ4n) is 2.63. The predicted octanol–water partition coefficient (Wildman–Crippen LogP) is 3.09. The SMILES string of the molecule is CC(NC(=O)c1ccc(=O)n(CCOc2ccccc2)n1)c1ccc(F)c(F)c1. The third-order valence-corrected chi connectivity index (χ3v) is 4.21. The van der Waals surface area contributed by atoms with E-state index in [1.165, 1.54) is 18.2 Å². The molecule has 0 fully saturated rings. The molecule has 0 aliphatic rings.